The molecular weight excluding hydrogens is 260 g/mol. The lowest BCUT2D eigenvalue weighted by atomic mass is 9.95. The van der Waals surface area contributed by atoms with E-state index < -0.39 is 6.04 Å². The molecule has 4 heteroatoms. The van der Waals surface area contributed by atoms with E-state index in [1.165, 1.54) is 6.42 Å². The minimum Gasteiger partial charge on any atom is -0.508 e. The van der Waals surface area contributed by atoms with Gasteiger partial charge in [0.15, 0.2) is 0 Å². The maximum Gasteiger partial charge on any atom is 0.127 e. The zero-order valence-electron chi connectivity index (χ0n) is 11.1. The summed E-state index contributed by atoms with van der Waals surface area (Å²) in [6, 6.07) is 7.23. The summed E-state index contributed by atoms with van der Waals surface area (Å²) < 4.78 is 0. The molecule has 0 aliphatic carbocycles. The monoisotopic (exact) mass is 278 g/mol. The van der Waals surface area contributed by atoms with Crippen LogP contribution >= 0.6 is 11.6 Å². The van der Waals surface area contributed by atoms with E-state index in [-0.39, 0.29) is 5.75 Å². The number of nitrogens with zero attached hydrogens (tertiary/aromatic N) is 2. The van der Waals surface area contributed by atoms with Gasteiger partial charge < -0.3 is 5.11 Å². The molecule has 0 radical (unpaired) electrons. The Morgan fingerprint density at radius 3 is 3.00 bits per heavy atom. The first kappa shape index (κ1) is 14.2. The van der Waals surface area contributed by atoms with Gasteiger partial charge in [-0.15, -0.1) is 0 Å². The van der Waals surface area contributed by atoms with E-state index in [0.29, 0.717) is 16.6 Å². The van der Waals surface area contributed by atoms with E-state index in [0.717, 1.165) is 25.8 Å². The summed E-state index contributed by atoms with van der Waals surface area (Å²) in [5, 5.41) is 20.1. The standard InChI is InChI=1S/C15H19ClN2O/c1-2-12-5-3-4-8-18(12)14(10-17)13-9-11(16)6-7-15(13)19/h6-7,9,12,14,19H,2-5,8H2,1H3. The van der Waals surface area contributed by atoms with Crippen molar-refractivity contribution >= 4 is 11.6 Å². The molecule has 1 aromatic carbocycles. The van der Waals surface area contributed by atoms with Gasteiger partial charge in [0.2, 0.25) is 0 Å². The number of likely N-dealkylation sites (tertiary alicyclic amines) is 1. The molecule has 0 bridgehead atoms. The Balaban J connectivity index is 2.33. The molecule has 1 aromatic rings. The Hall–Kier alpha value is -1.24. The smallest absolute Gasteiger partial charge is 0.127 e. The molecule has 1 aliphatic heterocycles. The molecule has 1 fully saturated rings. The second-order valence-corrected chi connectivity index (χ2v) is 5.47. The van der Waals surface area contributed by atoms with Crippen molar-refractivity contribution in [3.8, 4) is 11.8 Å². The number of benzene rings is 1. The van der Waals surface area contributed by atoms with Crippen LogP contribution in [0, 0.1) is 11.3 Å². The molecule has 0 amide bonds. The van der Waals surface area contributed by atoms with Crippen LogP contribution in [0.3, 0.4) is 0 Å². The van der Waals surface area contributed by atoms with Crippen LogP contribution in [0.1, 0.15) is 44.2 Å². The molecule has 0 saturated carbocycles. The molecule has 2 unspecified atom stereocenters. The van der Waals surface area contributed by atoms with E-state index in [2.05, 4.69) is 17.9 Å². The molecule has 3 nitrogen and oxygen atoms in total. The zero-order chi connectivity index (χ0) is 13.8. The van der Waals surface area contributed by atoms with Gasteiger partial charge in [-0.3, -0.25) is 4.90 Å². The predicted octanol–water partition coefficient (Wildman–Crippen LogP) is 3.87. The van der Waals surface area contributed by atoms with E-state index in [9.17, 15) is 10.4 Å². The molecule has 102 valence electrons. The van der Waals surface area contributed by atoms with Crippen molar-refractivity contribution in [2.45, 2.75) is 44.7 Å². The van der Waals surface area contributed by atoms with Gasteiger partial charge in [0.05, 0.1) is 6.07 Å². The minimum atomic E-state index is -0.413. The van der Waals surface area contributed by atoms with Crippen molar-refractivity contribution in [1.82, 2.24) is 4.90 Å². The predicted molar refractivity (Wildman–Crippen MR) is 76.1 cm³/mol. The van der Waals surface area contributed by atoms with Crippen molar-refractivity contribution in [3.63, 3.8) is 0 Å². The number of phenolic OH excluding ortho intramolecular Hbond substituents is 1. The second-order valence-electron chi connectivity index (χ2n) is 5.03. The van der Waals surface area contributed by atoms with Crippen molar-refractivity contribution in [1.29, 1.82) is 5.26 Å². The highest BCUT2D eigenvalue weighted by Gasteiger charge is 2.30. The Labute approximate surface area is 119 Å². The summed E-state index contributed by atoms with van der Waals surface area (Å²) in [6.07, 6.45) is 4.47. The topological polar surface area (TPSA) is 47.3 Å². The SMILES string of the molecule is CCC1CCCCN1C(C#N)c1cc(Cl)ccc1O. The van der Waals surface area contributed by atoms with Crippen LogP contribution in [0.2, 0.25) is 5.02 Å². The molecule has 2 rings (SSSR count). The van der Waals surface area contributed by atoms with Crippen LogP contribution < -0.4 is 0 Å². The highest BCUT2D eigenvalue weighted by atomic mass is 35.5. The van der Waals surface area contributed by atoms with Gasteiger partial charge in [-0.05, 0) is 37.5 Å². The Kier molecular flexibility index (Phi) is 4.68. The Morgan fingerprint density at radius 1 is 1.53 bits per heavy atom. The van der Waals surface area contributed by atoms with Crippen molar-refractivity contribution < 1.29 is 5.11 Å². The fourth-order valence-electron chi connectivity index (χ4n) is 2.87. The van der Waals surface area contributed by atoms with E-state index in [1.807, 2.05) is 0 Å². The molecule has 2 atom stereocenters. The molecule has 1 saturated heterocycles. The summed E-state index contributed by atoms with van der Waals surface area (Å²) in [5.74, 6) is 0.149. The highest BCUT2D eigenvalue weighted by Crippen LogP contribution is 2.35. The summed E-state index contributed by atoms with van der Waals surface area (Å²) in [6.45, 7) is 3.05. The molecule has 0 aromatic heterocycles. The van der Waals surface area contributed by atoms with Crippen LogP contribution in [0.4, 0.5) is 0 Å². The first-order valence-electron chi connectivity index (χ1n) is 6.81. The fraction of sp³-hybridized carbons (Fsp3) is 0.533. The van der Waals surface area contributed by atoms with Crippen LogP contribution in [-0.2, 0) is 0 Å². The number of hydrogen-bond acceptors (Lipinski definition) is 3. The average Bonchev–Trinajstić information content (AvgIpc) is 2.44. The lowest BCUT2D eigenvalue weighted by Crippen LogP contribution is -2.41. The number of aromatic hydroxyl groups is 1. The van der Waals surface area contributed by atoms with E-state index >= 15 is 0 Å². The Morgan fingerprint density at radius 2 is 2.32 bits per heavy atom. The summed E-state index contributed by atoms with van der Waals surface area (Å²) in [5.41, 5.74) is 0.621. The van der Waals surface area contributed by atoms with E-state index in [4.69, 9.17) is 11.6 Å². The zero-order valence-corrected chi connectivity index (χ0v) is 11.9. The number of nitriles is 1. The second kappa shape index (κ2) is 6.27. The van der Waals surface area contributed by atoms with Crippen molar-refractivity contribution in [2.75, 3.05) is 6.54 Å². The quantitative estimate of drug-likeness (QED) is 0.913. The average molecular weight is 279 g/mol. The van der Waals surface area contributed by atoms with Gasteiger partial charge in [0, 0.05) is 23.2 Å². The molecule has 0 spiro atoms. The van der Waals surface area contributed by atoms with Crippen molar-refractivity contribution in [2.24, 2.45) is 0 Å². The number of phenols is 1. The van der Waals surface area contributed by atoms with Crippen LogP contribution in [0.25, 0.3) is 0 Å². The van der Waals surface area contributed by atoms with Crippen LogP contribution in [0.5, 0.6) is 5.75 Å². The third kappa shape index (κ3) is 3.02. The van der Waals surface area contributed by atoms with Gasteiger partial charge in [-0.2, -0.15) is 5.26 Å². The normalized spacial score (nSPS) is 21.8. The van der Waals surface area contributed by atoms with Gasteiger partial charge >= 0.3 is 0 Å². The third-order valence-corrected chi connectivity index (χ3v) is 4.12. The summed E-state index contributed by atoms with van der Waals surface area (Å²) in [4.78, 5) is 2.20. The number of piperidine rings is 1. The minimum absolute atomic E-state index is 0.149. The van der Waals surface area contributed by atoms with Crippen LogP contribution in [0.15, 0.2) is 18.2 Å². The number of rotatable bonds is 3. The van der Waals surface area contributed by atoms with E-state index in [1.54, 1.807) is 18.2 Å². The summed E-state index contributed by atoms with van der Waals surface area (Å²) in [7, 11) is 0. The lowest BCUT2D eigenvalue weighted by Gasteiger charge is -2.38. The van der Waals surface area contributed by atoms with Crippen LogP contribution in [-0.4, -0.2) is 22.6 Å². The first-order chi connectivity index (χ1) is 9.17. The lowest BCUT2D eigenvalue weighted by molar-refractivity contribution is 0.115. The summed E-state index contributed by atoms with van der Waals surface area (Å²) >= 11 is 5.99. The highest BCUT2D eigenvalue weighted by molar-refractivity contribution is 6.30. The van der Waals surface area contributed by atoms with Gasteiger partial charge in [0.1, 0.15) is 11.8 Å². The van der Waals surface area contributed by atoms with Gasteiger partial charge in [-0.1, -0.05) is 24.9 Å². The van der Waals surface area contributed by atoms with Crippen molar-refractivity contribution in [3.05, 3.63) is 28.8 Å². The maximum absolute atomic E-state index is 9.99. The maximum atomic E-state index is 9.99. The van der Waals surface area contributed by atoms with Gasteiger partial charge in [0.25, 0.3) is 0 Å². The first-order valence-corrected chi connectivity index (χ1v) is 7.19. The molecule has 1 heterocycles. The number of halogens is 1. The fourth-order valence-corrected chi connectivity index (χ4v) is 3.05. The molecular formula is C15H19ClN2O. The molecule has 19 heavy (non-hydrogen) atoms. The van der Waals surface area contributed by atoms with Gasteiger partial charge in [-0.25, -0.2) is 0 Å². The Bertz CT molecular complexity index is 484. The third-order valence-electron chi connectivity index (χ3n) is 3.88. The number of hydrogen-bond donors (Lipinski definition) is 1. The molecule has 1 N–H and O–H groups in total. The molecule has 1 aliphatic rings. The largest absolute Gasteiger partial charge is 0.508 e.